The molecule has 0 saturated heterocycles. The molecule has 0 aliphatic heterocycles. The second kappa shape index (κ2) is 5.82. The van der Waals surface area contributed by atoms with Crippen LogP contribution < -0.4 is 10.6 Å². The third-order valence-corrected chi connectivity index (χ3v) is 2.74. The van der Waals surface area contributed by atoms with Crippen LogP contribution in [0.3, 0.4) is 0 Å². The molecule has 1 unspecified atom stereocenters. The van der Waals surface area contributed by atoms with Gasteiger partial charge in [-0.25, -0.2) is 4.98 Å². The van der Waals surface area contributed by atoms with Crippen molar-refractivity contribution < 1.29 is 9.90 Å². The minimum Gasteiger partial charge on any atom is -0.391 e. The number of nitrogens with zero attached hydrogens (tertiary/aromatic N) is 1. The monoisotopic (exact) mass is 251 g/mol. The molecule has 1 aromatic rings. The summed E-state index contributed by atoms with van der Waals surface area (Å²) >= 11 is 0. The van der Waals surface area contributed by atoms with Crippen molar-refractivity contribution in [3.63, 3.8) is 0 Å². The Kier molecular flexibility index (Phi) is 4.67. The quantitative estimate of drug-likeness (QED) is 0.753. The van der Waals surface area contributed by atoms with Gasteiger partial charge in [-0.1, -0.05) is 20.8 Å². The first-order chi connectivity index (χ1) is 8.36. The molecule has 0 bridgehead atoms. The smallest absolute Gasteiger partial charge is 0.254 e. The highest BCUT2D eigenvalue weighted by Crippen LogP contribution is 2.20. The van der Waals surface area contributed by atoms with E-state index in [1.165, 1.54) is 0 Å². The molecule has 1 amide bonds. The standard InChI is InChI=1S/C13H21N3O2/c1-13(2,3)10(17)8-16-11-9(12(18)14-4)6-5-7-15-11/h5-7,10,17H,8H2,1-4H3,(H,14,18)(H,15,16). The van der Waals surface area contributed by atoms with Crippen LogP contribution in [0.2, 0.25) is 0 Å². The lowest BCUT2D eigenvalue weighted by molar-refractivity contribution is 0.0744. The van der Waals surface area contributed by atoms with Crippen LogP contribution in [-0.2, 0) is 0 Å². The Morgan fingerprint density at radius 3 is 2.72 bits per heavy atom. The molecule has 1 rings (SSSR count). The molecule has 1 atom stereocenters. The SMILES string of the molecule is CNC(=O)c1cccnc1NCC(O)C(C)(C)C. The Labute approximate surface area is 108 Å². The zero-order valence-electron chi connectivity index (χ0n) is 11.3. The van der Waals surface area contributed by atoms with Gasteiger partial charge in [-0.05, 0) is 17.5 Å². The normalized spacial score (nSPS) is 12.9. The lowest BCUT2D eigenvalue weighted by Gasteiger charge is -2.26. The van der Waals surface area contributed by atoms with Gasteiger partial charge in [0.15, 0.2) is 0 Å². The van der Waals surface area contributed by atoms with Crippen molar-refractivity contribution in [3.05, 3.63) is 23.9 Å². The van der Waals surface area contributed by atoms with Crippen LogP contribution >= 0.6 is 0 Å². The van der Waals surface area contributed by atoms with Crippen molar-refractivity contribution in [2.75, 3.05) is 18.9 Å². The van der Waals surface area contributed by atoms with Crippen LogP contribution in [0, 0.1) is 5.41 Å². The maximum Gasteiger partial charge on any atom is 0.254 e. The van der Waals surface area contributed by atoms with Gasteiger partial charge in [-0.15, -0.1) is 0 Å². The first kappa shape index (κ1) is 14.4. The van der Waals surface area contributed by atoms with Crippen molar-refractivity contribution in [1.29, 1.82) is 0 Å². The number of amides is 1. The number of aliphatic hydroxyl groups excluding tert-OH is 1. The van der Waals surface area contributed by atoms with Gasteiger partial charge in [0.25, 0.3) is 5.91 Å². The molecule has 5 nitrogen and oxygen atoms in total. The van der Waals surface area contributed by atoms with Crippen molar-refractivity contribution >= 4 is 11.7 Å². The van der Waals surface area contributed by atoms with E-state index in [-0.39, 0.29) is 11.3 Å². The fraction of sp³-hybridized carbons (Fsp3) is 0.538. The van der Waals surface area contributed by atoms with E-state index in [0.29, 0.717) is 17.9 Å². The summed E-state index contributed by atoms with van der Waals surface area (Å²) in [5.41, 5.74) is 0.260. The van der Waals surface area contributed by atoms with E-state index in [0.717, 1.165) is 0 Å². The van der Waals surface area contributed by atoms with Gasteiger partial charge < -0.3 is 15.7 Å². The van der Waals surface area contributed by atoms with Gasteiger partial charge in [0, 0.05) is 19.8 Å². The van der Waals surface area contributed by atoms with Crippen LogP contribution in [-0.4, -0.2) is 35.7 Å². The van der Waals surface area contributed by atoms with Gasteiger partial charge in [0.05, 0.1) is 11.7 Å². The summed E-state index contributed by atoms with van der Waals surface area (Å²) in [6.45, 7) is 6.22. The molecular weight excluding hydrogens is 230 g/mol. The topological polar surface area (TPSA) is 74.2 Å². The maximum absolute atomic E-state index is 11.6. The number of nitrogens with one attached hydrogen (secondary N) is 2. The van der Waals surface area contributed by atoms with Gasteiger partial charge in [-0.2, -0.15) is 0 Å². The summed E-state index contributed by atoms with van der Waals surface area (Å²) in [5.74, 6) is 0.288. The number of carbonyl (C=O) groups is 1. The molecule has 1 heterocycles. The van der Waals surface area contributed by atoms with Crippen molar-refractivity contribution in [2.45, 2.75) is 26.9 Å². The Morgan fingerprint density at radius 1 is 1.50 bits per heavy atom. The molecule has 3 N–H and O–H groups in total. The van der Waals surface area contributed by atoms with E-state index in [9.17, 15) is 9.90 Å². The van der Waals surface area contributed by atoms with Crippen molar-refractivity contribution in [2.24, 2.45) is 5.41 Å². The van der Waals surface area contributed by atoms with Crippen molar-refractivity contribution in [1.82, 2.24) is 10.3 Å². The fourth-order valence-corrected chi connectivity index (χ4v) is 1.36. The number of rotatable bonds is 4. The van der Waals surface area contributed by atoms with Crippen LogP contribution in [0.4, 0.5) is 5.82 Å². The highest BCUT2D eigenvalue weighted by molar-refractivity contribution is 5.98. The summed E-state index contributed by atoms with van der Waals surface area (Å²) in [5, 5.41) is 15.5. The zero-order chi connectivity index (χ0) is 13.8. The predicted octanol–water partition coefficient (Wildman–Crippen LogP) is 1.26. The summed E-state index contributed by atoms with van der Waals surface area (Å²) < 4.78 is 0. The van der Waals surface area contributed by atoms with E-state index in [1.54, 1.807) is 25.4 Å². The first-order valence-electron chi connectivity index (χ1n) is 5.95. The molecule has 0 aliphatic carbocycles. The second-order valence-corrected chi connectivity index (χ2v) is 5.24. The number of aliphatic hydroxyl groups is 1. The summed E-state index contributed by atoms with van der Waals surface area (Å²) in [6, 6.07) is 3.40. The average molecular weight is 251 g/mol. The Morgan fingerprint density at radius 2 is 2.17 bits per heavy atom. The second-order valence-electron chi connectivity index (χ2n) is 5.24. The molecule has 0 spiro atoms. The van der Waals surface area contributed by atoms with Crippen LogP contribution in [0.5, 0.6) is 0 Å². The zero-order valence-corrected chi connectivity index (χ0v) is 11.3. The molecule has 0 radical (unpaired) electrons. The van der Waals surface area contributed by atoms with Crippen LogP contribution in [0.25, 0.3) is 0 Å². The van der Waals surface area contributed by atoms with Gasteiger partial charge >= 0.3 is 0 Å². The molecule has 0 aliphatic rings. The number of pyridine rings is 1. The Bertz CT molecular complexity index is 413. The maximum atomic E-state index is 11.6. The molecule has 5 heteroatoms. The Balaban J connectivity index is 2.76. The minimum atomic E-state index is -0.517. The van der Waals surface area contributed by atoms with Crippen LogP contribution in [0.15, 0.2) is 18.3 Å². The molecule has 0 aromatic carbocycles. The molecular formula is C13H21N3O2. The van der Waals surface area contributed by atoms with E-state index >= 15 is 0 Å². The number of carbonyl (C=O) groups excluding carboxylic acids is 1. The number of hydrogen-bond donors (Lipinski definition) is 3. The van der Waals surface area contributed by atoms with Gasteiger partial charge in [-0.3, -0.25) is 4.79 Å². The highest BCUT2D eigenvalue weighted by atomic mass is 16.3. The molecule has 1 aromatic heterocycles. The Hall–Kier alpha value is -1.62. The van der Waals surface area contributed by atoms with Gasteiger partial charge in [0.1, 0.15) is 5.82 Å². The predicted molar refractivity (Wildman–Crippen MR) is 71.6 cm³/mol. The molecule has 0 saturated carbocycles. The number of aromatic nitrogens is 1. The first-order valence-corrected chi connectivity index (χ1v) is 5.95. The third kappa shape index (κ3) is 3.70. The average Bonchev–Trinajstić information content (AvgIpc) is 2.34. The lowest BCUT2D eigenvalue weighted by atomic mass is 9.89. The summed E-state index contributed by atoms with van der Waals surface area (Å²) in [4.78, 5) is 15.7. The number of anilines is 1. The van der Waals surface area contributed by atoms with Crippen molar-refractivity contribution in [3.8, 4) is 0 Å². The molecule has 100 valence electrons. The van der Waals surface area contributed by atoms with E-state index in [1.807, 2.05) is 20.8 Å². The van der Waals surface area contributed by atoms with E-state index < -0.39 is 6.10 Å². The molecule has 0 fully saturated rings. The fourth-order valence-electron chi connectivity index (χ4n) is 1.36. The van der Waals surface area contributed by atoms with E-state index in [2.05, 4.69) is 15.6 Å². The third-order valence-electron chi connectivity index (χ3n) is 2.74. The highest BCUT2D eigenvalue weighted by Gasteiger charge is 2.22. The minimum absolute atomic E-state index is 0.198. The summed E-state index contributed by atoms with van der Waals surface area (Å²) in [6.07, 6.45) is 1.09. The van der Waals surface area contributed by atoms with Crippen LogP contribution in [0.1, 0.15) is 31.1 Å². The van der Waals surface area contributed by atoms with Gasteiger partial charge in [0.2, 0.25) is 0 Å². The van der Waals surface area contributed by atoms with E-state index in [4.69, 9.17) is 0 Å². The number of hydrogen-bond acceptors (Lipinski definition) is 4. The summed E-state index contributed by atoms with van der Waals surface area (Å²) in [7, 11) is 1.57. The largest absolute Gasteiger partial charge is 0.391 e. The lowest BCUT2D eigenvalue weighted by Crippen LogP contribution is -2.33. The molecule has 18 heavy (non-hydrogen) atoms.